The Balaban J connectivity index is 4.08. The molecule has 4 heteroatoms. The van der Waals surface area contributed by atoms with E-state index in [1.807, 2.05) is 39.6 Å². The molecule has 0 fully saturated rings. The highest BCUT2D eigenvalue weighted by Crippen LogP contribution is 2.10. The van der Waals surface area contributed by atoms with Crippen LogP contribution < -0.4 is 0 Å². The summed E-state index contributed by atoms with van der Waals surface area (Å²) in [6, 6.07) is -0.170. The average molecular weight is 233 g/mol. The first kappa shape index (κ1) is 14.8. The van der Waals surface area contributed by atoms with Crippen molar-refractivity contribution in [2.75, 3.05) is 25.6 Å². The number of likely N-dealkylation sites (N-methyl/N-ethyl adjacent to an activating group) is 1. The molecule has 0 aliphatic carbocycles. The van der Waals surface area contributed by atoms with Crippen molar-refractivity contribution in [2.24, 2.45) is 0 Å². The van der Waals surface area contributed by atoms with Crippen molar-refractivity contribution in [3.8, 4) is 0 Å². The lowest BCUT2D eigenvalue weighted by Crippen LogP contribution is -2.41. The first-order valence-electron chi connectivity index (χ1n) is 5.20. The molecule has 0 spiro atoms. The third kappa shape index (κ3) is 6.79. The summed E-state index contributed by atoms with van der Waals surface area (Å²) in [6.07, 6.45) is 2.06. The maximum absolute atomic E-state index is 11.7. The number of carbonyl (C=O) groups excluding carboxylic acids is 1. The Morgan fingerprint density at radius 3 is 2.40 bits per heavy atom. The molecule has 0 aliphatic rings. The Morgan fingerprint density at radius 2 is 2.00 bits per heavy atom. The van der Waals surface area contributed by atoms with Crippen molar-refractivity contribution in [1.29, 1.82) is 0 Å². The molecule has 0 aromatic rings. The second-order valence-corrected chi connectivity index (χ2v) is 5.67. The van der Waals surface area contributed by atoms with Gasteiger partial charge in [0.2, 0.25) is 0 Å². The zero-order chi connectivity index (χ0) is 12.1. The lowest BCUT2D eigenvalue weighted by Gasteiger charge is -2.27. The van der Waals surface area contributed by atoms with E-state index in [9.17, 15) is 4.79 Å². The van der Waals surface area contributed by atoms with Crippen LogP contribution in [0.25, 0.3) is 0 Å². The van der Waals surface area contributed by atoms with Crippen LogP contribution >= 0.6 is 11.8 Å². The Morgan fingerprint density at radius 1 is 1.47 bits per heavy atom. The quantitative estimate of drug-likeness (QED) is 0.679. The first-order chi connectivity index (χ1) is 6.78. The summed E-state index contributed by atoms with van der Waals surface area (Å²) in [4.78, 5) is 13.7. The van der Waals surface area contributed by atoms with E-state index in [0.717, 1.165) is 12.3 Å². The van der Waals surface area contributed by atoms with Crippen molar-refractivity contribution in [3.05, 3.63) is 0 Å². The lowest BCUT2D eigenvalue weighted by molar-refractivity contribution is -0.160. The maximum Gasteiger partial charge on any atom is 0.323 e. The molecule has 0 heterocycles. The van der Waals surface area contributed by atoms with E-state index in [1.165, 1.54) is 0 Å². The number of hydrogen-bond acceptors (Lipinski definition) is 4. The van der Waals surface area contributed by atoms with Gasteiger partial charge in [-0.15, -0.1) is 0 Å². The zero-order valence-corrected chi connectivity index (χ0v) is 11.5. The molecule has 0 bridgehead atoms. The number of hydrogen-bond donors (Lipinski definition) is 0. The third-order valence-corrected chi connectivity index (χ3v) is 2.65. The summed E-state index contributed by atoms with van der Waals surface area (Å²) in [5.41, 5.74) is -0.397. The van der Waals surface area contributed by atoms with Crippen molar-refractivity contribution in [2.45, 2.75) is 39.3 Å². The van der Waals surface area contributed by atoms with Gasteiger partial charge in [-0.05, 0) is 41.0 Å². The van der Waals surface area contributed by atoms with Crippen molar-refractivity contribution < 1.29 is 9.53 Å². The molecule has 90 valence electrons. The minimum atomic E-state index is -0.397. The molecule has 0 aliphatic heterocycles. The number of nitrogens with zero attached hydrogens (tertiary/aromatic N) is 1. The predicted octanol–water partition coefficient (Wildman–Crippen LogP) is 2.01. The van der Waals surface area contributed by atoms with Gasteiger partial charge in [0, 0.05) is 12.3 Å². The van der Waals surface area contributed by atoms with E-state index >= 15 is 0 Å². The number of ether oxygens (including phenoxy) is 1. The van der Waals surface area contributed by atoms with Crippen LogP contribution in [-0.2, 0) is 9.53 Å². The van der Waals surface area contributed by atoms with Gasteiger partial charge in [0.15, 0.2) is 0 Å². The Bertz CT molecular complexity index is 201. The van der Waals surface area contributed by atoms with Crippen LogP contribution in [0.1, 0.15) is 27.7 Å². The highest BCUT2D eigenvalue weighted by Gasteiger charge is 2.24. The van der Waals surface area contributed by atoms with Crippen molar-refractivity contribution in [3.63, 3.8) is 0 Å². The fourth-order valence-electron chi connectivity index (χ4n) is 0.996. The minimum absolute atomic E-state index is 0.147. The lowest BCUT2D eigenvalue weighted by atomic mass is 10.2. The molecule has 15 heavy (non-hydrogen) atoms. The summed E-state index contributed by atoms with van der Waals surface area (Å²) < 4.78 is 5.31. The molecule has 0 saturated heterocycles. The van der Waals surface area contributed by atoms with Gasteiger partial charge in [0.05, 0.1) is 0 Å². The molecule has 0 N–H and O–H groups in total. The molecule has 0 amide bonds. The van der Waals surface area contributed by atoms with Gasteiger partial charge < -0.3 is 4.74 Å². The van der Waals surface area contributed by atoms with Gasteiger partial charge >= 0.3 is 5.97 Å². The van der Waals surface area contributed by atoms with Gasteiger partial charge in [-0.3, -0.25) is 9.69 Å². The predicted molar refractivity (Wildman–Crippen MR) is 66.3 cm³/mol. The minimum Gasteiger partial charge on any atom is -0.459 e. The SMILES string of the molecule is CSCCN(C)C(C)C(=O)OC(C)(C)C. The fraction of sp³-hybridized carbons (Fsp3) is 0.909. The van der Waals surface area contributed by atoms with Gasteiger partial charge in [0.25, 0.3) is 0 Å². The molecule has 1 unspecified atom stereocenters. The van der Waals surface area contributed by atoms with E-state index in [-0.39, 0.29) is 12.0 Å². The van der Waals surface area contributed by atoms with Crippen LogP contribution in [0, 0.1) is 0 Å². The third-order valence-electron chi connectivity index (χ3n) is 2.06. The van der Waals surface area contributed by atoms with E-state index < -0.39 is 5.60 Å². The van der Waals surface area contributed by atoms with E-state index in [0.29, 0.717) is 0 Å². The number of carbonyl (C=O) groups is 1. The largest absolute Gasteiger partial charge is 0.459 e. The molecule has 0 saturated carbocycles. The van der Waals surface area contributed by atoms with Crippen LogP contribution in [0.15, 0.2) is 0 Å². The molecular formula is C11H23NO2S. The zero-order valence-electron chi connectivity index (χ0n) is 10.7. The first-order valence-corrected chi connectivity index (χ1v) is 6.59. The molecule has 0 radical (unpaired) electrons. The fourth-order valence-corrected chi connectivity index (χ4v) is 1.47. The maximum atomic E-state index is 11.7. The van der Waals surface area contributed by atoms with E-state index in [2.05, 4.69) is 6.26 Å². The monoisotopic (exact) mass is 233 g/mol. The Hall–Kier alpha value is -0.220. The van der Waals surface area contributed by atoms with Crippen LogP contribution in [0.3, 0.4) is 0 Å². The van der Waals surface area contributed by atoms with Crippen LogP contribution in [0.4, 0.5) is 0 Å². The average Bonchev–Trinajstić information content (AvgIpc) is 2.10. The highest BCUT2D eigenvalue weighted by atomic mass is 32.2. The molecule has 3 nitrogen and oxygen atoms in total. The normalized spacial score (nSPS) is 14.1. The van der Waals surface area contributed by atoms with Crippen LogP contribution in [0.2, 0.25) is 0 Å². The van der Waals surface area contributed by atoms with Gasteiger partial charge in [0.1, 0.15) is 11.6 Å². The molecular weight excluding hydrogens is 210 g/mol. The number of esters is 1. The Labute approximate surface area is 97.5 Å². The second-order valence-electron chi connectivity index (χ2n) is 4.68. The van der Waals surface area contributed by atoms with E-state index in [4.69, 9.17) is 4.74 Å². The molecule has 0 aromatic heterocycles. The topological polar surface area (TPSA) is 29.5 Å². The van der Waals surface area contributed by atoms with Gasteiger partial charge in [-0.2, -0.15) is 11.8 Å². The second kappa shape index (κ2) is 6.38. The van der Waals surface area contributed by atoms with Gasteiger partial charge in [-0.25, -0.2) is 0 Å². The van der Waals surface area contributed by atoms with Crippen LogP contribution in [0.5, 0.6) is 0 Å². The summed E-state index contributed by atoms with van der Waals surface area (Å²) >= 11 is 1.78. The number of thioether (sulfide) groups is 1. The van der Waals surface area contributed by atoms with Gasteiger partial charge in [-0.1, -0.05) is 0 Å². The Kier molecular flexibility index (Phi) is 6.29. The highest BCUT2D eigenvalue weighted by molar-refractivity contribution is 7.98. The smallest absolute Gasteiger partial charge is 0.323 e. The van der Waals surface area contributed by atoms with Crippen molar-refractivity contribution in [1.82, 2.24) is 4.90 Å². The molecule has 0 rings (SSSR count). The summed E-state index contributed by atoms with van der Waals surface area (Å²) in [6.45, 7) is 8.45. The summed E-state index contributed by atoms with van der Waals surface area (Å²) in [7, 11) is 1.95. The standard InChI is InChI=1S/C11H23NO2S/c1-9(12(5)7-8-15-6)10(13)14-11(2,3)4/h9H,7-8H2,1-6H3. The molecule has 0 aromatic carbocycles. The van der Waals surface area contributed by atoms with Crippen molar-refractivity contribution >= 4 is 17.7 Å². The summed E-state index contributed by atoms with van der Waals surface area (Å²) in [5.74, 6) is 0.884. The number of rotatable bonds is 5. The summed E-state index contributed by atoms with van der Waals surface area (Å²) in [5, 5.41) is 0. The van der Waals surface area contributed by atoms with E-state index in [1.54, 1.807) is 11.8 Å². The molecule has 1 atom stereocenters. The van der Waals surface area contributed by atoms with Crippen LogP contribution in [-0.4, -0.2) is 48.1 Å².